The topological polar surface area (TPSA) is 111 Å². The average Bonchev–Trinajstić information content (AvgIpc) is 3.39. The van der Waals surface area contributed by atoms with Crippen molar-refractivity contribution in [3.05, 3.63) is 68.3 Å². The molecule has 4 heterocycles. The molecule has 0 fully saturated rings. The third-order valence-corrected chi connectivity index (χ3v) is 6.65. The van der Waals surface area contributed by atoms with Gasteiger partial charge in [-0.2, -0.15) is 5.26 Å². The lowest BCUT2D eigenvalue weighted by Crippen LogP contribution is -2.38. The van der Waals surface area contributed by atoms with Crippen molar-refractivity contribution >= 4 is 44.2 Å². The van der Waals surface area contributed by atoms with E-state index in [9.17, 15) is 14.0 Å². The molecule has 0 spiro atoms. The minimum absolute atomic E-state index is 0.0609. The second-order valence-electron chi connectivity index (χ2n) is 7.17. The fourth-order valence-corrected chi connectivity index (χ4v) is 5.18. The Kier molecular flexibility index (Phi) is 5.03. The molecule has 0 bridgehead atoms. The highest BCUT2D eigenvalue weighted by atomic mass is 35.5. The predicted molar refractivity (Wildman–Crippen MR) is 122 cm³/mol. The van der Waals surface area contributed by atoms with Crippen LogP contribution < -0.4 is 11.2 Å². The molecule has 0 saturated heterocycles. The summed E-state index contributed by atoms with van der Waals surface area (Å²) in [6.07, 6.45) is 2.95. The highest BCUT2D eigenvalue weighted by Crippen LogP contribution is 2.36. The number of aromatic nitrogens is 6. The Balaban J connectivity index is 1.87. The van der Waals surface area contributed by atoms with Gasteiger partial charge in [0.15, 0.2) is 0 Å². The first-order valence-electron chi connectivity index (χ1n) is 9.66. The Morgan fingerprint density at radius 2 is 2.06 bits per heavy atom. The smallest absolute Gasteiger partial charge is 0.291 e. The van der Waals surface area contributed by atoms with Gasteiger partial charge in [0.25, 0.3) is 5.56 Å². The molecule has 5 aromatic rings. The third-order valence-electron chi connectivity index (χ3n) is 5.20. The van der Waals surface area contributed by atoms with Crippen molar-refractivity contribution in [3.63, 3.8) is 0 Å². The van der Waals surface area contributed by atoms with Crippen LogP contribution in [0.1, 0.15) is 6.42 Å². The van der Waals surface area contributed by atoms with Crippen LogP contribution in [0.15, 0.2) is 46.2 Å². The van der Waals surface area contributed by atoms with E-state index in [4.69, 9.17) is 16.9 Å². The third kappa shape index (κ3) is 3.31. The van der Waals surface area contributed by atoms with Crippen molar-refractivity contribution < 1.29 is 4.39 Å². The molecular formula is C21H13ClFN7O2S. The zero-order chi connectivity index (χ0) is 23.3. The highest BCUT2D eigenvalue weighted by Gasteiger charge is 2.21. The molecule has 0 amide bonds. The van der Waals surface area contributed by atoms with Crippen molar-refractivity contribution in [2.75, 3.05) is 0 Å². The molecular weight excluding hydrogens is 469 g/mol. The van der Waals surface area contributed by atoms with Gasteiger partial charge in [0, 0.05) is 24.0 Å². The predicted octanol–water partition coefficient (Wildman–Crippen LogP) is 3.26. The lowest BCUT2D eigenvalue weighted by molar-refractivity contribution is 0.628. The maximum Gasteiger partial charge on any atom is 0.336 e. The average molecular weight is 482 g/mol. The van der Waals surface area contributed by atoms with Crippen LogP contribution in [0.25, 0.3) is 37.4 Å². The number of benzene rings is 1. The zero-order valence-corrected chi connectivity index (χ0v) is 18.6. The van der Waals surface area contributed by atoms with Gasteiger partial charge in [-0.15, -0.1) is 16.4 Å². The summed E-state index contributed by atoms with van der Waals surface area (Å²) < 4.78 is 17.7. The Morgan fingerprint density at radius 1 is 1.24 bits per heavy atom. The van der Waals surface area contributed by atoms with Crippen molar-refractivity contribution in [2.45, 2.75) is 13.0 Å². The molecule has 0 radical (unpaired) electrons. The second kappa shape index (κ2) is 7.91. The van der Waals surface area contributed by atoms with Gasteiger partial charge in [0.05, 0.1) is 41.1 Å². The molecule has 0 aliphatic rings. The molecule has 9 nitrogen and oxygen atoms in total. The summed E-state index contributed by atoms with van der Waals surface area (Å²) >= 11 is 7.36. The van der Waals surface area contributed by atoms with Gasteiger partial charge >= 0.3 is 5.69 Å². The molecule has 164 valence electrons. The molecule has 0 saturated carbocycles. The second-order valence-corrected chi connectivity index (χ2v) is 8.63. The zero-order valence-electron chi connectivity index (χ0n) is 17.0. The van der Waals surface area contributed by atoms with Gasteiger partial charge in [-0.25, -0.2) is 18.4 Å². The summed E-state index contributed by atoms with van der Waals surface area (Å²) in [5.41, 5.74) is 0.867. The number of rotatable bonds is 4. The number of pyridine rings is 1. The summed E-state index contributed by atoms with van der Waals surface area (Å²) in [5, 5.41) is 17.2. The number of fused-ring (bicyclic) bond motifs is 2. The van der Waals surface area contributed by atoms with E-state index in [0.717, 1.165) is 15.9 Å². The van der Waals surface area contributed by atoms with Crippen LogP contribution in [0.5, 0.6) is 0 Å². The SMILES string of the molecule is Cn1nnc2cncc(-n3c(=O)c4sc(-c5ccc(F)cc5Cl)cc4n(CCC#N)c3=O)c21. The molecule has 0 unspecified atom stereocenters. The molecule has 0 N–H and O–H groups in total. The first kappa shape index (κ1) is 21.0. The molecule has 12 heteroatoms. The maximum atomic E-state index is 13.6. The van der Waals surface area contributed by atoms with Gasteiger partial charge in [0.2, 0.25) is 0 Å². The number of nitriles is 1. The van der Waals surface area contributed by atoms with Crippen LogP contribution in [0, 0.1) is 17.1 Å². The summed E-state index contributed by atoms with van der Waals surface area (Å²) in [4.78, 5) is 31.8. The van der Waals surface area contributed by atoms with Crippen LogP contribution in [0.4, 0.5) is 4.39 Å². The molecule has 1 aromatic carbocycles. The number of halogens is 2. The number of nitrogens with zero attached hydrogens (tertiary/aromatic N) is 7. The van der Waals surface area contributed by atoms with E-state index < -0.39 is 17.1 Å². The van der Waals surface area contributed by atoms with Crippen LogP contribution in [0.2, 0.25) is 5.02 Å². The number of hydrogen-bond acceptors (Lipinski definition) is 7. The fourth-order valence-electron chi connectivity index (χ4n) is 3.72. The highest BCUT2D eigenvalue weighted by molar-refractivity contribution is 7.22. The quantitative estimate of drug-likeness (QED) is 0.389. The molecule has 0 aliphatic heterocycles. The lowest BCUT2D eigenvalue weighted by atomic mass is 10.2. The maximum absolute atomic E-state index is 13.6. The van der Waals surface area contributed by atoms with E-state index in [1.807, 2.05) is 6.07 Å². The van der Waals surface area contributed by atoms with Crippen LogP contribution >= 0.6 is 22.9 Å². The Hall–Kier alpha value is -3.88. The summed E-state index contributed by atoms with van der Waals surface area (Å²) in [5.74, 6) is -0.483. The number of thiophene rings is 1. The van der Waals surface area contributed by atoms with Gasteiger partial charge in [-0.3, -0.25) is 14.3 Å². The van der Waals surface area contributed by atoms with Gasteiger partial charge < -0.3 is 0 Å². The Labute approximate surface area is 193 Å². The molecule has 0 atom stereocenters. The number of hydrogen-bond donors (Lipinski definition) is 0. The van der Waals surface area contributed by atoms with E-state index in [2.05, 4.69) is 15.3 Å². The van der Waals surface area contributed by atoms with Gasteiger partial charge in [-0.05, 0) is 24.3 Å². The van der Waals surface area contributed by atoms with E-state index in [0.29, 0.717) is 27.0 Å². The van der Waals surface area contributed by atoms with Gasteiger partial charge in [-0.1, -0.05) is 16.8 Å². The number of aryl methyl sites for hydroxylation is 2. The standard InChI is InChI=1S/C21H13ClFN7O2S/c1-28-18-14(26-27-28)9-25-10-16(18)30-20(31)19-15(29(21(30)32)6-2-5-24)8-17(33-19)12-4-3-11(23)7-13(12)22/h3-4,7-10H,2,6H2,1H3. The van der Waals surface area contributed by atoms with Crippen molar-refractivity contribution in [1.29, 1.82) is 5.26 Å². The van der Waals surface area contributed by atoms with Crippen molar-refractivity contribution in [2.24, 2.45) is 7.05 Å². The van der Waals surface area contributed by atoms with E-state index in [1.165, 1.54) is 39.8 Å². The first-order chi connectivity index (χ1) is 15.9. The molecule has 33 heavy (non-hydrogen) atoms. The van der Waals surface area contributed by atoms with E-state index in [-0.39, 0.29) is 28.4 Å². The normalized spacial score (nSPS) is 11.3. The summed E-state index contributed by atoms with van der Waals surface area (Å²) in [7, 11) is 1.65. The Morgan fingerprint density at radius 3 is 2.82 bits per heavy atom. The first-order valence-corrected chi connectivity index (χ1v) is 10.9. The van der Waals surface area contributed by atoms with Crippen LogP contribution in [-0.2, 0) is 13.6 Å². The molecule has 4 aromatic heterocycles. The van der Waals surface area contributed by atoms with E-state index in [1.54, 1.807) is 13.1 Å². The largest absolute Gasteiger partial charge is 0.336 e. The Bertz CT molecular complexity index is 1730. The molecule has 0 aliphatic carbocycles. The van der Waals surface area contributed by atoms with Crippen LogP contribution in [0.3, 0.4) is 0 Å². The minimum Gasteiger partial charge on any atom is -0.291 e. The lowest BCUT2D eigenvalue weighted by Gasteiger charge is -2.11. The van der Waals surface area contributed by atoms with Crippen molar-refractivity contribution in [1.82, 2.24) is 29.1 Å². The summed E-state index contributed by atoms with van der Waals surface area (Å²) in [6, 6.07) is 7.66. The minimum atomic E-state index is -0.618. The fraction of sp³-hybridized carbons (Fsp3) is 0.143. The van der Waals surface area contributed by atoms with E-state index >= 15 is 0 Å². The van der Waals surface area contributed by atoms with Gasteiger partial charge in [0.1, 0.15) is 21.6 Å². The van der Waals surface area contributed by atoms with Crippen LogP contribution in [-0.4, -0.2) is 29.1 Å². The monoisotopic (exact) mass is 481 g/mol. The molecule has 5 rings (SSSR count). The summed E-state index contributed by atoms with van der Waals surface area (Å²) in [6.45, 7) is 0.0759. The van der Waals surface area contributed by atoms with Crippen molar-refractivity contribution in [3.8, 4) is 22.2 Å².